The number of nitrogens with one attached hydrogen (secondary N) is 2. The van der Waals surface area contributed by atoms with Gasteiger partial charge >= 0.3 is 5.97 Å². The first-order chi connectivity index (χ1) is 26.9. The number of hydrogen-bond acceptors (Lipinski definition) is 10. The Morgan fingerprint density at radius 1 is 0.982 bits per heavy atom. The molecule has 1 aliphatic heterocycles. The zero-order valence-corrected chi connectivity index (χ0v) is 33.3. The highest BCUT2D eigenvalue weighted by molar-refractivity contribution is 6.35. The lowest BCUT2D eigenvalue weighted by atomic mass is 9.96. The first-order valence-electron chi connectivity index (χ1n) is 18.4. The number of piperidine rings is 1. The molecule has 56 heavy (non-hydrogen) atoms. The molecule has 0 unspecified atom stereocenters. The molecular weight excluding hydrogens is 757 g/mol. The number of ether oxygens (including phenoxy) is 3. The van der Waals surface area contributed by atoms with Crippen LogP contribution < -0.4 is 24.8 Å². The number of rotatable bonds is 18. The Hall–Kier alpha value is -4.90. The van der Waals surface area contributed by atoms with E-state index in [0.29, 0.717) is 45.6 Å². The van der Waals surface area contributed by atoms with Crippen molar-refractivity contribution in [1.82, 2.24) is 20.5 Å². The van der Waals surface area contributed by atoms with E-state index in [-0.39, 0.29) is 36.7 Å². The molecular formula is C42H47Cl2N5O7. The first-order valence-corrected chi connectivity index (χ1v) is 19.2. The number of pyridine rings is 1. The summed E-state index contributed by atoms with van der Waals surface area (Å²) < 4.78 is 18.6. The van der Waals surface area contributed by atoms with Gasteiger partial charge in [-0.1, -0.05) is 53.5 Å². The van der Waals surface area contributed by atoms with Crippen molar-refractivity contribution in [1.29, 1.82) is 5.26 Å². The van der Waals surface area contributed by atoms with Crippen molar-refractivity contribution in [3.05, 3.63) is 105 Å². The average Bonchev–Trinajstić information content (AvgIpc) is 3.19. The number of carboxylic acids is 1. The van der Waals surface area contributed by atoms with Gasteiger partial charge in [0, 0.05) is 74.3 Å². The quantitative estimate of drug-likeness (QED) is 0.0792. The van der Waals surface area contributed by atoms with E-state index in [9.17, 15) is 25.1 Å². The van der Waals surface area contributed by atoms with Crippen molar-refractivity contribution in [2.75, 3.05) is 32.8 Å². The lowest BCUT2D eigenvalue weighted by Gasteiger charge is -2.32. The van der Waals surface area contributed by atoms with Gasteiger partial charge in [0.25, 0.3) is 0 Å². The predicted octanol–water partition coefficient (Wildman–Crippen LogP) is 6.69. The smallest absolute Gasteiger partial charge is 0.326 e. The summed E-state index contributed by atoms with van der Waals surface area (Å²) in [7, 11) is 0. The number of carbonyl (C=O) groups excluding carboxylic acids is 1. The zero-order chi connectivity index (χ0) is 40.2. The second-order valence-corrected chi connectivity index (χ2v) is 14.8. The van der Waals surface area contributed by atoms with Gasteiger partial charge < -0.3 is 34.6 Å². The molecule has 4 N–H and O–H groups in total. The fourth-order valence-corrected chi connectivity index (χ4v) is 6.94. The van der Waals surface area contributed by atoms with E-state index in [1.165, 1.54) is 13.1 Å². The predicted molar refractivity (Wildman–Crippen MR) is 214 cm³/mol. The Morgan fingerprint density at radius 2 is 1.71 bits per heavy atom. The van der Waals surface area contributed by atoms with Crippen LogP contribution in [0, 0.1) is 18.3 Å². The van der Waals surface area contributed by atoms with Crippen LogP contribution in [0.2, 0.25) is 10.0 Å². The second kappa shape index (κ2) is 19.8. The summed E-state index contributed by atoms with van der Waals surface area (Å²) in [5.41, 5.74) is 3.60. The molecule has 1 fully saturated rings. The summed E-state index contributed by atoms with van der Waals surface area (Å²) in [5, 5.41) is 35.4. The third kappa shape index (κ3) is 11.1. The topological polar surface area (TPSA) is 166 Å². The van der Waals surface area contributed by atoms with Gasteiger partial charge in [-0.05, 0) is 68.0 Å². The van der Waals surface area contributed by atoms with Crippen molar-refractivity contribution in [3.8, 4) is 34.4 Å². The third-order valence-corrected chi connectivity index (χ3v) is 10.5. The van der Waals surface area contributed by atoms with Crippen LogP contribution in [0.5, 0.6) is 17.2 Å². The van der Waals surface area contributed by atoms with E-state index in [2.05, 4.69) is 26.6 Å². The number of likely N-dealkylation sites (tertiary alicyclic amines) is 1. The summed E-state index contributed by atoms with van der Waals surface area (Å²) >= 11 is 13.7. The van der Waals surface area contributed by atoms with Gasteiger partial charge in [-0.25, -0.2) is 0 Å². The van der Waals surface area contributed by atoms with E-state index in [1.807, 2.05) is 43.3 Å². The maximum absolute atomic E-state index is 11.8. The molecule has 296 valence electrons. The lowest BCUT2D eigenvalue weighted by molar-refractivity contribution is -0.146. The molecule has 0 saturated carbocycles. The van der Waals surface area contributed by atoms with Crippen LogP contribution in [0.25, 0.3) is 11.1 Å². The van der Waals surface area contributed by atoms with E-state index in [0.717, 1.165) is 61.2 Å². The maximum Gasteiger partial charge on any atom is 0.326 e. The number of halogens is 2. The normalized spacial score (nSPS) is 14.4. The van der Waals surface area contributed by atoms with Crippen molar-refractivity contribution < 1.29 is 34.0 Å². The number of carboxylic acid groups (broad SMARTS) is 1. The summed E-state index contributed by atoms with van der Waals surface area (Å²) in [6.45, 7) is 7.88. The molecule has 0 radical (unpaired) electrons. The molecule has 14 heteroatoms. The fourth-order valence-electron chi connectivity index (χ4n) is 6.41. The van der Waals surface area contributed by atoms with Crippen LogP contribution in [0.4, 0.5) is 0 Å². The van der Waals surface area contributed by atoms with Crippen LogP contribution in [0.1, 0.15) is 60.9 Å². The third-order valence-electron chi connectivity index (χ3n) is 9.84. The molecule has 0 aliphatic carbocycles. The molecule has 4 aromatic rings. The van der Waals surface area contributed by atoms with Crippen molar-refractivity contribution in [2.24, 2.45) is 0 Å². The molecule has 1 aromatic heterocycles. The molecule has 12 nitrogen and oxygen atoms in total. The minimum Gasteiger partial charge on any atom is -0.492 e. The van der Waals surface area contributed by atoms with Gasteiger partial charge in [-0.3, -0.25) is 19.9 Å². The number of nitriles is 1. The summed E-state index contributed by atoms with van der Waals surface area (Å²) in [5.74, 6) is 0.128. The Balaban J connectivity index is 1.27. The maximum atomic E-state index is 11.8. The Morgan fingerprint density at radius 3 is 2.43 bits per heavy atom. The van der Waals surface area contributed by atoms with Crippen molar-refractivity contribution >= 4 is 35.1 Å². The van der Waals surface area contributed by atoms with Gasteiger partial charge in [0.05, 0.1) is 28.8 Å². The van der Waals surface area contributed by atoms with Crippen LogP contribution in [0.3, 0.4) is 0 Å². The van der Waals surface area contributed by atoms with Gasteiger partial charge in [-0.15, -0.1) is 0 Å². The number of nitrogens with zero attached hydrogens (tertiary/aromatic N) is 3. The number of amides is 1. The highest BCUT2D eigenvalue weighted by atomic mass is 35.5. The molecule has 1 amide bonds. The van der Waals surface area contributed by atoms with Crippen LogP contribution in [0.15, 0.2) is 67.0 Å². The average molecular weight is 805 g/mol. The number of benzene rings is 3. The van der Waals surface area contributed by atoms with Gasteiger partial charge in [0.15, 0.2) is 0 Å². The number of aromatic nitrogens is 1. The monoisotopic (exact) mass is 803 g/mol. The largest absolute Gasteiger partial charge is 0.492 e. The van der Waals surface area contributed by atoms with E-state index in [4.69, 9.17) is 37.4 Å². The summed E-state index contributed by atoms with van der Waals surface area (Å²) in [6.07, 6.45) is 5.79. The Labute approximate surface area is 337 Å². The molecule has 1 aliphatic rings. The van der Waals surface area contributed by atoms with Gasteiger partial charge in [0.2, 0.25) is 5.91 Å². The molecule has 0 spiro atoms. The number of aliphatic carboxylic acids is 1. The van der Waals surface area contributed by atoms with E-state index < -0.39 is 18.1 Å². The van der Waals surface area contributed by atoms with Crippen LogP contribution in [-0.4, -0.2) is 76.4 Å². The molecule has 3 aromatic carbocycles. The number of aliphatic hydroxyl groups excluding tert-OH is 1. The first kappa shape index (κ1) is 42.2. The standard InChI is InChI=1S/C42H47Cl2N5O7/c1-27-31(7-4-8-34(27)35-9-5-10-37(40(35)44)54-16-6-13-49-14-11-33(12-15-49)48-28(2)51)25-56-39-19-38(55-24-30-17-29(20-45)21-46-22-30)32(18-36(39)43)23-47-42(3,26-50)41(52)53/h4-5,7-10,17-19,21-22,33,47,50H,6,11-16,23-26H2,1-3H3,(H,48,51)(H,52,53)/t42-/m1/s1. The highest BCUT2D eigenvalue weighted by Crippen LogP contribution is 2.39. The number of carbonyl (C=O) groups is 2. The van der Waals surface area contributed by atoms with E-state index in [1.54, 1.807) is 31.3 Å². The fraction of sp³-hybridized carbons (Fsp3) is 0.381. The van der Waals surface area contributed by atoms with Crippen LogP contribution in [-0.2, 0) is 29.3 Å². The zero-order valence-electron chi connectivity index (χ0n) is 31.7. The molecule has 0 bridgehead atoms. The Kier molecular flexibility index (Phi) is 14.9. The highest BCUT2D eigenvalue weighted by Gasteiger charge is 2.32. The number of aliphatic hydroxyl groups is 1. The molecule has 1 atom stereocenters. The van der Waals surface area contributed by atoms with E-state index >= 15 is 0 Å². The van der Waals surface area contributed by atoms with Gasteiger partial charge in [0.1, 0.15) is 42.1 Å². The number of hydrogen-bond donors (Lipinski definition) is 4. The molecule has 5 rings (SSSR count). The van der Waals surface area contributed by atoms with Crippen molar-refractivity contribution in [2.45, 2.75) is 71.4 Å². The lowest BCUT2D eigenvalue weighted by Crippen LogP contribution is -2.52. The van der Waals surface area contributed by atoms with Crippen LogP contribution >= 0.6 is 23.2 Å². The second-order valence-electron chi connectivity index (χ2n) is 14.0. The van der Waals surface area contributed by atoms with Gasteiger partial charge in [-0.2, -0.15) is 5.26 Å². The Bertz CT molecular complexity index is 2050. The molecule has 1 saturated heterocycles. The SMILES string of the molecule is CC(=O)NC1CCN(CCCOc2cccc(-c3cccc(COc4cc(OCc5cncc(C#N)c5)c(CN[C@](C)(CO)C(=O)O)cc4Cl)c3C)c2Cl)CC1. The minimum absolute atomic E-state index is 0.0137. The summed E-state index contributed by atoms with van der Waals surface area (Å²) in [6, 6.07) is 18.9. The minimum atomic E-state index is -1.60. The molecule has 2 heterocycles. The summed E-state index contributed by atoms with van der Waals surface area (Å²) in [4.78, 5) is 29.7. The van der Waals surface area contributed by atoms with Crippen molar-refractivity contribution in [3.63, 3.8) is 0 Å².